The summed E-state index contributed by atoms with van der Waals surface area (Å²) in [6.07, 6.45) is 3.82. The number of amides is 1. The van der Waals surface area contributed by atoms with Gasteiger partial charge in [-0.1, -0.05) is 31.5 Å². The number of hydrogen-bond donors (Lipinski definition) is 0. The van der Waals surface area contributed by atoms with E-state index in [4.69, 9.17) is 9.72 Å². The van der Waals surface area contributed by atoms with Crippen molar-refractivity contribution < 1.29 is 9.53 Å². The second-order valence-electron chi connectivity index (χ2n) is 8.64. The second-order valence-corrected chi connectivity index (χ2v) is 8.64. The van der Waals surface area contributed by atoms with Gasteiger partial charge in [-0.25, -0.2) is 4.98 Å². The number of para-hydroxylation sites is 1. The van der Waals surface area contributed by atoms with Gasteiger partial charge in [-0.3, -0.25) is 14.2 Å². The van der Waals surface area contributed by atoms with E-state index in [0.29, 0.717) is 34.7 Å². The van der Waals surface area contributed by atoms with Gasteiger partial charge < -0.3 is 9.64 Å². The fraction of sp³-hybridized carbons (Fsp3) is 0.423. The van der Waals surface area contributed by atoms with Crippen molar-refractivity contribution in [1.29, 1.82) is 0 Å². The molecule has 3 aromatic rings. The molecular weight excluding hydrogens is 402 g/mol. The predicted molar refractivity (Wildman–Crippen MR) is 126 cm³/mol. The molecule has 2 aromatic carbocycles. The monoisotopic (exact) mass is 433 g/mol. The van der Waals surface area contributed by atoms with Gasteiger partial charge in [-0.2, -0.15) is 0 Å². The van der Waals surface area contributed by atoms with Crippen molar-refractivity contribution in [3.8, 4) is 11.4 Å². The third kappa shape index (κ3) is 3.90. The smallest absolute Gasteiger partial charge is 0.266 e. The lowest BCUT2D eigenvalue weighted by Gasteiger charge is -2.36. The number of hydrogen-bond acceptors (Lipinski definition) is 4. The molecule has 1 aliphatic carbocycles. The molecule has 0 saturated heterocycles. The van der Waals surface area contributed by atoms with Gasteiger partial charge in [0.15, 0.2) is 0 Å². The van der Waals surface area contributed by atoms with E-state index >= 15 is 0 Å². The first-order valence-electron chi connectivity index (χ1n) is 11.4. The topological polar surface area (TPSA) is 64.4 Å². The van der Waals surface area contributed by atoms with Gasteiger partial charge in [-0.15, -0.1) is 0 Å². The maximum absolute atomic E-state index is 13.7. The quantitative estimate of drug-likeness (QED) is 0.537. The number of carbonyl (C=O) groups is 1. The minimum Gasteiger partial charge on any atom is -0.495 e. The summed E-state index contributed by atoms with van der Waals surface area (Å²) in [5, 5.41) is 0.541. The molecule has 0 spiro atoms. The molecule has 1 aliphatic rings. The lowest BCUT2D eigenvalue weighted by atomic mass is 9.84. The molecule has 0 N–H and O–H groups in total. The Balaban J connectivity index is 1.95. The highest BCUT2D eigenvalue weighted by Crippen LogP contribution is 2.33. The van der Waals surface area contributed by atoms with Crippen LogP contribution in [0.1, 0.15) is 57.0 Å². The predicted octanol–water partition coefficient (Wildman–Crippen LogP) is 4.80. The van der Waals surface area contributed by atoms with E-state index in [1.807, 2.05) is 55.1 Å². The van der Waals surface area contributed by atoms with Crippen molar-refractivity contribution in [3.05, 3.63) is 64.2 Å². The van der Waals surface area contributed by atoms with Crippen LogP contribution >= 0.6 is 0 Å². The summed E-state index contributed by atoms with van der Waals surface area (Å²) in [5.41, 5.74) is 2.13. The van der Waals surface area contributed by atoms with Gasteiger partial charge in [0.2, 0.25) is 5.91 Å². The molecule has 1 unspecified atom stereocenters. The first-order valence-corrected chi connectivity index (χ1v) is 11.4. The molecule has 6 nitrogen and oxygen atoms in total. The van der Waals surface area contributed by atoms with Crippen LogP contribution in [0, 0.1) is 12.8 Å². The summed E-state index contributed by atoms with van der Waals surface area (Å²) in [5.74, 6) is 1.39. The number of rotatable bonds is 7. The first kappa shape index (κ1) is 22.1. The highest BCUT2D eigenvalue weighted by atomic mass is 16.5. The van der Waals surface area contributed by atoms with Crippen LogP contribution in [0.4, 0.5) is 0 Å². The zero-order chi connectivity index (χ0) is 22.8. The number of fused-ring (bicyclic) bond motifs is 1. The zero-order valence-electron chi connectivity index (χ0n) is 19.3. The molecule has 0 bridgehead atoms. The summed E-state index contributed by atoms with van der Waals surface area (Å²) >= 11 is 0. The standard InChI is InChI=1S/C26H31N3O3/c1-5-15-28(25(30)19-9-8-10-19)18(3)24-27-21-12-7-6-11-20(21)26(31)29(24)22-16-17(2)13-14-23(22)32-4/h6-7,11-14,16,18-19H,5,8-10,15H2,1-4H3. The molecule has 1 saturated carbocycles. The van der Waals surface area contributed by atoms with Crippen molar-refractivity contribution >= 4 is 16.8 Å². The number of ether oxygens (including phenoxy) is 1. The Kier molecular flexibility index (Phi) is 6.31. The minimum atomic E-state index is -0.356. The lowest BCUT2D eigenvalue weighted by Crippen LogP contribution is -2.42. The van der Waals surface area contributed by atoms with Crippen LogP contribution < -0.4 is 10.3 Å². The van der Waals surface area contributed by atoms with E-state index in [1.54, 1.807) is 17.7 Å². The summed E-state index contributed by atoms with van der Waals surface area (Å²) in [7, 11) is 1.60. The van der Waals surface area contributed by atoms with Crippen LogP contribution in [0.15, 0.2) is 47.3 Å². The van der Waals surface area contributed by atoms with Gasteiger partial charge in [0.05, 0.1) is 29.7 Å². The second kappa shape index (κ2) is 9.15. The molecule has 168 valence electrons. The fourth-order valence-corrected chi connectivity index (χ4v) is 4.40. The summed E-state index contributed by atoms with van der Waals surface area (Å²) in [4.78, 5) is 33.9. The Bertz CT molecular complexity index is 1200. The van der Waals surface area contributed by atoms with Crippen molar-refractivity contribution in [2.75, 3.05) is 13.7 Å². The molecule has 1 amide bonds. The van der Waals surface area contributed by atoms with Crippen molar-refractivity contribution in [3.63, 3.8) is 0 Å². The van der Waals surface area contributed by atoms with E-state index in [-0.39, 0.29) is 23.4 Å². The Labute approximate surface area is 188 Å². The van der Waals surface area contributed by atoms with Crippen LogP contribution in [0.5, 0.6) is 5.75 Å². The summed E-state index contributed by atoms with van der Waals surface area (Å²) in [6, 6.07) is 12.8. The molecule has 0 radical (unpaired) electrons. The third-order valence-electron chi connectivity index (χ3n) is 6.42. The molecule has 6 heteroatoms. The summed E-state index contributed by atoms with van der Waals surface area (Å²) in [6.45, 7) is 6.65. The van der Waals surface area contributed by atoms with E-state index in [2.05, 4.69) is 6.92 Å². The fourth-order valence-electron chi connectivity index (χ4n) is 4.40. The van der Waals surface area contributed by atoms with Crippen LogP contribution in [0.25, 0.3) is 16.6 Å². The van der Waals surface area contributed by atoms with Gasteiger partial charge in [-0.05, 0) is 62.9 Å². The van der Waals surface area contributed by atoms with Gasteiger partial charge in [0.25, 0.3) is 5.56 Å². The molecule has 4 rings (SSSR count). The normalized spacial score (nSPS) is 14.8. The SMILES string of the molecule is CCCN(C(=O)C1CCC1)C(C)c1nc2ccccc2c(=O)n1-c1cc(C)ccc1OC. The maximum atomic E-state index is 13.7. The largest absolute Gasteiger partial charge is 0.495 e. The molecular formula is C26H31N3O3. The molecule has 1 fully saturated rings. The van der Waals surface area contributed by atoms with E-state index < -0.39 is 0 Å². The van der Waals surface area contributed by atoms with Crippen molar-refractivity contribution in [2.45, 2.75) is 52.5 Å². The Hall–Kier alpha value is -3.15. The van der Waals surface area contributed by atoms with E-state index in [9.17, 15) is 9.59 Å². The van der Waals surface area contributed by atoms with Gasteiger partial charge in [0.1, 0.15) is 11.6 Å². The van der Waals surface area contributed by atoms with E-state index in [0.717, 1.165) is 31.2 Å². The zero-order valence-corrected chi connectivity index (χ0v) is 19.3. The highest BCUT2D eigenvalue weighted by molar-refractivity contribution is 5.81. The molecule has 0 aliphatic heterocycles. The maximum Gasteiger partial charge on any atom is 0.266 e. The summed E-state index contributed by atoms with van der Waals surface area (Å²) < 4.78 is 7.24. The molecule has 1 atom stereocenters. The molecule has 1 heterocycles. The van der Waals surface area contributed by atoms with Crippen LogP contribution in [0.3, 0.4) is 0 Å². The van der Waals surface area contributed by atoms with Crippen LogP contribution in [-0.2, 0) is 4.79 Å². The van der Waals surface area contributed by atoms with Crippen LogP contribution in [0.2, 0.25) is 0 Å². The van der Waals surface area contributed by atoms with Crippen molar-refractivity contribution in [1.82, 2.24) is 14.5 Å². The highest BCUT2D eigenvalue weighted by Gasteiger charge is 2.34. The van der Waals surface area contributed by atoms with Gasteiger partial charge in [0, 0.05) is 12.5 Å². The number of methoxy groups -OCH3 is 1. The number of carbonyl (C=O) groups excluding carboxylic acids is 1. The average Bonchev–Trinajstić information content (AvgIpc) is 2.75. The Morgan fingerprint density at radius 2 is 2.00 bits per heavy atom. The number of benzene rings is 2. The molecule has 32 heavy (non-hydrogen) atoms. The Morgan fingerprint density at radius 1 is 1.25 bits per heavy atom. The number of aromatic nitrogens is 2. The van der Waals surface area contributed by atoms with Crippen LogP contribution in [-0.4, -0.2) is 34.0 Å². The number of aryl methyl sites for hydroxylation is 1. The Morgan fingerprint density at radius 3 is 2.66 bits per heavy atom. The van der Waals surface area contributed by atoms with E-state index in [1.165, 1.54) is 0 Å². The van der Waals surface area contributed by atoms with Crippen molar-refractivity contribution in [2.24, 2.45) is 5.92 Å². The molecule has 1 aromatic heterocycles. The lowest BCUT2D eigenvalue weighted by molar-refractivity contribution is -0.140. The average molecular weight is 434 g/mol. The van der Waals surface area contributed by atoms with Gasteiger partial charge >= 0.3 is 0 Å². The third-order valence-corrected chi connectivity index (χ3v) is 6.42. The minimum absolute atomic E-state index is 0.0816. The number of nitrogens with zero attached hydrogens (tertiary/aromatic N) is 3. The first-order chi connectivity index (χ1) is 15.5.